The van der Waals surface area contributed by atoms with Crippen molar-refractivity contribution in [3.05, 3.63) is 0 Å². The Morgan fingerprint density at radius 1 is 1.13 bits per heavy atom. The summed E-state index contributed by atoms with van der Waals surface area (Å²) in [7, 11) is 0. The Hall–Kier alpha value is -0.690. The molecule has 0 aromatic heterocycles. The van der Waals surface area contributed by atoms with Gasteiger partial charge in [0.2, 0.25) is 5.91 Å². The van der Waals surface area contributed by atoms with Gasteiger partial charge in [-0.15, -0.1) is 0 Å². The van der Waals surface area contributed by atoms with Crippen LogP contribution >= 0.6 is 0 Å². The predicted molar refractivity (Wildman–Crippen MR) is 90.3 cm³/mol. The third-order valence-corrected chi connectivity index (χ3v) is 4.20. The van der Waals surface area contributed by atoms with E-state index in [0.717, 1.165) is 32.4 Å². The molecule has 136 valence electrons. The quantitative estimate of drug-likeness (QED) is 0.463. The first-order valence-electron chi connectivity index (χ1n) is 9.04. The van der Waals surface area contributed by atoms with Gasteiger partial charge in [0.05, 0.1) is 25.4 Å². The van der Waals surface area contributed by atoms with E-state index in [-0.39, 0.29) is 12.5 Å². The molecule has 1 rings (SSSR count). The van der Waals surface area contributed by atoms with Crippen LogP contribution in [0.1, 0.15) is 51.9 Å². The van der Waals surface area contributed by atoms with Crippen molar-refractivity contribution in [2.45, 2.75) is 64.1 Å². The maximum Gasteiger partial charge on any atom is 0.220 e. The van der Waals surface area contributed by atoms with E-state index in [1.54, 1.807) is 0 Å². The van der Waals surface area contributed by atoms with Crippen LogP contribution in [0.25, 0.3) is 0 Å². The maximum atomic E-state index is 11.8. The zero-order valence-corrected chi connectivity index (χ0v) is 14.5. The molecule has 2 atom stereocenters. The average molecular weight is 330 g/mol. The second-order valence-electron chi connectivity index (χ2n) is 6.41. The summed E-state index contributed by atoms with van der Waals surface area (Å²) in [5.74, 6) is -0.0985. The first-order valence-corrected chi connectivity index (χ1v) is 9.04. The van der Waals surface area contributed by atoms with Crippen LogP contribution in [-0.4, -0.2) is 72.6 Å². The van der Waals surface area contributed by atoms with Gasteiger partial charge in [-0.05, 0) is 12.8 Å². The van der Waals surface area contributed by atoms with Crippen molar-refractivity contribution in [2.24, 2.45) is 0 Å². The highest BCUT2D eigenvalue weighted by molar-refractivity contribution is 5.75. The highest BCUT2D eigenvalue weighted by Gasteiger charge is 2.15. The summed E-state index contributed by atoms with van der Waals surface area (Å²) >= 11 is 0. The molecule has 6 heteroatoms. The van der Waals surface area contributed by atoms with Crippen LogP contribution in [0, 0.1) is 0 Å². The summed E-state index contributed by atoms with van der Waals surface area (Å²) in [5.41, 5.74) is 0. The van der Waals surface area contributed by atoms with Crippen molar-refractivity contribution >= 4 is 5.91 Å². The van der Waals surface area contributed by atoms with E-state index in [9.17, 15) is 15.0 Å². The highest BCUT2D eigenvalue weighted by Crippen LogP contribution is 2.09. The summed E-state index contributed by atoms with van der Waals surface area (Å²) in [4.78, 5) is 13.9. The van der Waals surface area contributed by atoms with Gasteiger partial charge in [0, 0.05) is 32.6 Å². The Morgan fingerprint density at radius 2 is 1.87 bits per heavy atom. The lowest BCUT2D eigenvalue weighted by atomic mass is 10.1. The summed E-state index contributed by atoms with van der Waals surface area (Å²) in [6.45, 7) is 6.05. The molecule has 23 heavy (non-hydrogen) atoms. The molecule has 0 aromatic carbocycles. The largest absolute Gasteiger partial charge is 0.393 e. The topological polar surface area (TPSA) is 82.0 Å². The Bertz CT molecular complexity index is 309. The molecule has 1 heterocycles. The van der Waals surface area contributed by atoms with Gasteiger partial charge in [-0.25, -0.2) is 0 Å². The van der Waals surface area contributed by atoms with Crippen LogP contribution < -0.4 is 5.32 Å². The third-order valence-electron chi connectivity index (χ3n) is 4.20. The number of amides is 1. The van der Waals surface area contributed by atoms with Gasteiger partial charge in [0.15, 0.2) is 0 Å². The second kappa shape index (κ2) is 12.7. The Labute approximate surface area is 140 Å². The lowest BCUT2D eigenvalue weighted by Gasteiger charge is -2.28. The number of nitrogens with one attached hydrogen (secondary N) is 1. The molecule has 0 saturated carbocycles. The average Bonchev–Trinajstić information content (AvgIpc) is 2.56. The number of hydrogen-bond donors (Lipinski definition) is 3. The monoisotopic (exact) mass is 330 g/mol. The zero-order valence-electron chi connectivity index (χ0n) is 14.5. The third kappa shape index (κ3) is 10.7. The molecule has 3 N–H and O–H groups in total. The van der Waals surface area contributed by atoms with E-state index in [1.165, 1.54) is 12.8 Å². The van der Waals surface area contributed by atoms with E-state index in [4.69, 9.17) is 4.74 Å². The Balaban J connectivity index is 2.02. The van der Waals surface area contributed by atoms with Gasteiger partial charge in [-0.1, -0.05) is 32.6 Å². The van der Waals surface area contributed by atoms with Crippen molar-refractivity contribution in [3.8, 4) is 0 Å². The molecule has 1 saturated heterocycles. The molecule has 0 aromatic rings. The zero-order chi connectivity index (χ0) is 16.9. The van der Waals surface area contributed by atoms with Gasteiger partial charge < -0.3 is 20.3 Å². The van der Waals surface area contributed by atoms with Gasteiger partial charge >= 0.3 is 0 Å². The van der Waals surface area contributed by atoms with Gasteiger partial charge in [-0.3, -0.25) is 9.69 Å². The SMILES string of the molecule is CCCCCCC(O)CCC(=O)NCC(O)CN1CCOCC1. The number of unbranched alkanes of at least 4 members (excludes halogenated alkanes) is 3. The van der Waals surface area contributed by atoms with E-state index in [1.807, 2.05) is 0 Å². The molecule has 0 aliphatic carbocycles. The molecular weight excluding hydrogens is 296 g/mol. The fourth-order valence-corrected chi connectivity index (χ4v) is 2.72. The Morgan fingerprint density at radius 3 is 2.57 bits per heavy atom. The molecule has 6 nitrogen and oxygen atoms in total. The van der Waals surface area contributed by atoms with Crippen molar-refractivity contribution < 1.29 is 19.7 Å². The van der Waals surface area contributed by atoms with E-state index < -0.39 is 12.2 Å². The van der Waals surface area contributed by atoms with Crippen LogP contribution in [-0.2, 0) is 9.53 Å². The highest BCUT2D eigenvalue weighted by atomic mass is 16.5. The fraction of sp³-hybridized carbons (Fsp3) is 0.941. The lowest BCUT2D eigenvalue weighted by Crippen LogP contribution is -2.44. The minimum absolute atomic E-state index is 0.0985. The lowest BCUT2D eigenvalue weighted by molar-refractivity contribution is -0.122. The van der Waals surface area contributed by atoms with Crippen molar-refractivity contribution in [3.63, 3.8) is 0 Å². The first kappa shape index (κ1) is 20.4. The number of hydrogen-bond acceptors (Lipinski definition) is 5. The number of carbonyl (C=O) groups excluding carboxylic acids is 1. The van der Waals surface area contributed by atoms with E-state index in [2.05, 4.69) is 17.1 Å². The Kier molecular flexibility index (Phi) is 11.2. The van der Waals surface area contributed by atoms with Crippen LogP contribution in [0.2, 0.25) is 0 Å². The van der Waals surface area contributed by atoms with Crippen molar-refractivity contribution in [1.29, 1.82) is 0 Å². The summed E-state index contributed by atoms with van der Waals surface area (Å²) in [6, 6.07) is 0. The van der Waals surface area contributed by atoms with Crippen LogP contribution in [0.4, 0.5) is 0 Å². The van der Waals surface area contributed by atoms with E-state index >= 15 is 0 Å². The number of nitrogens with zero attached hydrogens (tertiary/aromatic N) is 1. The van der Waals surface area contributed by atoms with Crippen molar-refractivity contribution in [1.82, 2.24) is 10.2 Å². The molecule has 1 aliphatic heterocycles. The number of rotatable bonds is 12. The minimum atomic E-state index is -0.559. The number of ether oxygens (including phenoxy) is 1. The number of morpholine rings is 1. The van der Waals surface area contributed by atoms with Gasteiger partial charge in [0.25, 0.3) is 0 Å². The summed E-state index contributed by atoms with van der Waals surface area (Å²) in [6.07, 6.45) is 5.19. The predicted octanol–water partition coefficient (Wildman–Crippen LogP) is 0.907. The molecule has 0 spiro atoms. The summed E-state index contributed by atoms with van der Waals surface area (Å²) in [5, 5.41) is 22.5. The first-order chi connectivity index (χ1) is 11.1. The molecule has 2 unspecified atom stereocenters. The summed E-state index contributed by atoms with van der Waals surface area (Å²) < 4.78 is 5.26. The number of carbonyl (C=O) groups is 1. The molecule has 0 bridgehead atoms. The van der Waals surface area contributed by atoms with Gasteiger partial charge in [-0.2, -0.15) is 0 Å². The number of β-amino-alcohol motifs (C(OH)–C–C–N with tert-alkyl or cyclic N) is 1. The minimum Gasteiger partial charge on any atom is -0.393 e. The van der Waals surface area contributed by atoms with Crippen LogP contribution in [0.5, 0.6) is 0 Å². The second-order valence-corrected chi connectivity index (χ2v) is 6.41. The van der Waals surface area contributed by atoms with Gasteiger partial charge in [0.1, 0.15) is 0 Å². The van der Waals surface area contributed by atoms with Crippen LogP contribution in [0.15, 0.2) is 0 Å². The normalized spacial score (nSPS) is 18.6. The molecular formula is C17H34N2O4. The molecule has 0 radical (unpaired) electrons. The smallest absolute Gasteiger partial charge is 0.220 e. The van der Waals surface area contributed by atoms with Crippen LogP contribution in [0.3, 0.4) is 0 Å². The van der Waals surface area contributed by atoms with Crippen molar-refractivity contribution in [2.75, 3.05) is 39.4 Å². The number of aliphatic hydroxyl groups is 2. The fourth-order valence-electron chi connectivity index (χ4n) is 2.72. The van der Waals surface area contributed by atoms with E-state index in [0.29, 0.717) is 32.6 Å². The molecule has 1 amide bonds. The molecule has 1 fully saturated rings. The number of aliphatic hydroxyl groups excluding tert-OH is 2. The maximum absolute atomic E-state index is 11.8. The molecule has 1 aliphatic rings. The standard InChI is InChI=1S/C17H34N2O4/c1-2-3-4-5-6-15(20)7-8-17(22)18-13-16(21)14-19-9-11-23-12-10-19/h15-16,20-21H,2-14H2,1H3,(H,18,22).